The summed E-state index contributed by atoms with van der Waals surface area (Å²) in [4.78, 5) is 7.01. The lowest BCUT2D eigenvalue weighted by atomic mass is 9.86. The lowest BCUT2D eigenvalue weighted by molar-refractivity contribution is 0.0577. The van der Waals surface area contributed by atoms with Crippen molar-refractivity contribution < 1.29 is 9.26 Å². The fraction of sp³-hybridized carbons (Fsp3) is 0.391. The van der Waals surface area contributed by atoms with Gasteiger partial charge in [-0.15, -0.1) is 0 Å². The van der Waals surface area contributed by atoms with E-state index in [1.165, 1.54) is 5.56 Å². The van der Waals surface area contributed by atoms with E-state index in [1.807, 2.05) is 26.1 Å². The van der Waals surface area contributed by atoms with E-state index in [1.54, 1.807) is 0 Å². The molecule has 2 aromatic heterocycles. The second-order valence-electron chi connectivity index (χ2n) is 7.52. The molecule has 0 aliphatic carbocycles. The smallest absolute Gasteiger partial charge is 0.141 e. The van der Waals surface area contributed by atoms with Crippen molar-refractivity contribution in [3.63, 3.8) is 0 Å². The van der Waals surface area contributed by atoms with Crippen molar-refractivity contribution in [1.82, 2.24) is 10.1 Å². The van der Waals surface area contributed by atoms with E-state index < -0.39 is 0 Å². The highest BCUT2D eigenvalue weighted by molar-refractivity contribution is 5.70. The van der Waals surface area contributed by atoms with Gasteiger partial charge in [0, 0.05) is 32.0 Å². The average Bonchev–Trinajstić information content (AvgIpc) is 3.08. The van der Waals surface area contributed by atoms with Gasteiger partial charge in [0.25, 0.3) is 0 Å². The molecule has 1 aliphatic heterocycles. The molecule has 1 aromatic carbocycles. The summed E-state index contributed by atoms with van der Waals surface area (Å²) in [7, 11) is 2.15. The fourth-order valence-electron chi connectivity index (χ4n) is 4.30. The van der Waals surface area contributed by atoms with Crippen LogP contribution in [0.5, 0.6) is 0 Å². The van der Waals surface area contributed by atoms with Crippen molar-refractivity contribution in [1.29, 1.82) is 0 Å². The van der Waals surface area contributed by atoms with Gasteiger partial charge in [0.15, 0.2) is 0 Å². The van der Waals surface area contributed by atoms with Crippen molar-refractivity contribution in [2.24, 2.45) is 5.92 Å². The van der Waals surface area contributed by atoms with Gasteiger partial charge in [-0.2, -0.15) is 0 Å². The average molecular weight is 377 g/mol. The Morgan fingerprint density at radius 3 is 2.50 bits per heavy atom. The van der Waals surface area contributed by atoms with Crippen molar-refractivity contribution in [2.75, 3.05) is 25.2 Å². The summed E-state index contributed by atoms with van der Waals surface area (Å²) in [6.07, 6.45) is 4.00. The van der Waals surface area contributed by atoms with Crippen LogP contribution in [-0.2, 0) is 4.74 Å². The largest absolute Gasteiger partial charge is 0.381 e. The molecule has 0 amide bonds. The monoisotopic (exact) mass is 377 g/mol. The number of benzene rings is 1. The van der Waals surface area contributed by atoms with E-state index >= 15 is 0 Å². The molecule has 28 heavy (non-hydrogen) atoms. The lowest BCUT2D eigenvalue weighted by Gasteiger charge is -2.37. The summed E-state index contributed by atoms with van der Waals surface area (Å²) in [6, 6.07) is 15.2. The SMILES string of the molecule is Cc1noc(C)c1-c1ccnc(N(C)C(c2ccccc2)C2CCOCC2)c1. The standard InChI is InChI=1S/C23H27N3O2/c1-16-22(17(2)28-25-16)20-9-12-24-21(15-20)26(3)23(18-7-5-4-6-8-18)19-10-13-27-14-11-19/h4-9,12,15,19,23H,10-11,13-14H2,1-3H3. The molecule has 3 aromatic rings. The quantitative estimate of drug-likeness (QED) is 0.629. The summed E-state index contributed by atoms with van der Waals surface area (Å²) in [5, 5.41) is 4.10. The Kier molecular flexibility index (Phi) is 5.44. The second kappa shape index (κ2) is 8.15. The molecular weight excluding hydrogens is 350 g/mol. The molecule has 146 valence electrons. The van der Waals surface area contributed by atoms with Crippen LogP contribution in [0.15, 0.2) is 53.2 Å². The maximum Gasteiger partial charge on any atom is 0.141 e. The van der Waals surface area contributed by atoms with Crippen LogP contribution in [0.25, 0.3) is 11.1 Å². The maximum atomic E-state index is 5.61. The minimum Gasteiger partial charge on any atom is -0.381 e. The lowest BCUT2D eigenvalue weighted by Crippen LogP contribution is -2.34. The zero-order valence-corrected chi connectivity index (χ0v) is 16.8. The molecule has 3 heterocycles. The van der Waals surface area contributed by atoms with Crippen LogP contribution < -0.4 is 4.90 Å². The molecule has 0 N–H and O–H groups in total. The number of hydrogen-bond acceptors (Lipinski definition) is 5. The Morgan fingerprint density at radius 1 is 1.07 bits per heavy atom. The van der Waals surface area contributed by atoms with Gasteiger partial charge in [-0.3, -0.25) is 0 Å². The van der Waals surface area contributed by atoms with Gasteiger partial charge in [0.2, 0.25) is 0 Å². The third kappa shape index (κ3) is 3.67. The summed E-state index contributed by atoms with van der Waals surface area (Å²) in [5.41, 5.74) is 4.37. The summed E-state index contributed by atoms with van der Waals surface area (Å²) >= 11 is 0. The van der Waals surface area contributed by atoms with E-state index in [2.05, 4.69) is 53.5 Å². The summed E-state index contributed by atoms with van der Waals surface area (Å²) in [6.45, 7) is 5.58. The Bertz CT molecular complexity index is 897. The molecule has 0 spiro atoms. The van der Waals surface area contributed by atoms with Crippen LogP contribution in [0, 0.1) is 19.8 Å². The van der Waals surface area contributed by atoms with Gasteiger partial charge in [0.1, 0.15) is 11.6 Å². The third-order valence-corrected chi connectivity index (χ3v) is 5.70. The molecule has 1 unspecified atom stereocenters. The Balaban J connectivity index is 1.71. The number of ether oxygens (including phenoxy) is 1. The first-order chi connectivity index (χ1) is 13.6. The van der Waals surface area contributed by atoms with Crippen LogP contribution >= 0.6 is 0 Å². The van der Waals surface area contributed by atoms with Crippen LogP contribution in [0.3, 0.4) is 0 Å². The number of hydrogen-bond donors (Lipinski definition) is 0. The molecule has 1 atom stereocenters. The van der Waals surface area contributed by atoms with Crippen molar-refractivity contribution in [2.45, 2.75) is 32.7 Å². The van der Waals surface area contributed by atoms with Crippen LogP contribution in [0.2, 0.25) is 0 Å². The fourth-order valence-corrected chi connectivity index (χ4v) is 4.30. The van der Waals surface area contributed by atoms with Crippen molar-refractivity contribution in [3.8, 4) is 11.1 Å². The van der Waals surface area contributed by atoms with Crippen molar-refractivity contribution in [3.05, 3.63) is 65.7 Å². The van der Waals surface area contributed by atoms with Gasteiger partial charge in [-0.05, 0) is 55.9 Å². The Morgan fingerprint density at radius 2 is 1.82 bits per heavy atom. The van der Waals surface area contributed by atoms with Crippen LogP contribution in [-0.4, -0.2) is 30.4 Å². The molecule has 0 saturated carbocycles. The highest BCUT2D eigenvalue weighted by atomic mass is 16.5. The summed E-state index contributed by atoms with van der Waals surface area (Å²) in [5.74, 6) is 2.32. The van der Waals surface area contributed by atoms with Crippen LogP contribution in [0.4, 0.5) is 5.82 Å². The maximum absolute atomic E-state index is 5.61. The van der Waals surface area contributed by atoms with Gasteiger partial charge in [-0.25, -0.2) is 4.98 Å². The number of nitrogens with zero attached hydrogens (tertiary/aromatic N) is 3. The zero-order chi connectivity index (χ0) is 19.5. The van der Waals surface area contributed by atoms with E-state index in [-0.39, 0.29) is 6.04 Å². The molecule has 1 aliphatic rings. The van der Waals surface area contributed by atoms with Crippen LogP contribution in [0.1, 0.15) is 35.9 Å². The zero-order valence-electron chi connectivity index (χ0n) is 16.8. The first-order valence-electron chi connectivity index (χ1n) is 9.90. The third-order valence-electron chi connectivity index (χ3n) is 5.70. The Hall–Kier alpha value is -2.66. The topological polar surface area (TPSA) is 51.4 Å². The minimum atomic E-state index is 0.262. The van der Waals surface area contributed by atoms with Gasteiger partial charge < -0.3 is 14.2 Å². The molecule has 5 heteroatoms. The van der Waals surface area contributed by atoms with E-state index in [9.17, 15) is 0 Å². The highest BCUT2D eigenvalue weighted by Gasteiger charge is 2.29. The predicted molar refractivity (Wildman–Crippen MR) is 110 cm³/mol. The van der Waals surface area contributed by atoms with Crippen molar-refractivity contribution >= 4 is 5.82 Å². The van der Waals surface area contributed by atoms with Gasteiger partial charge >= 0.3 is 0 Å². The minimum absolute atomic E-state index is 0.262. The summed E-state index contributed by atoms with van der Waals surface area (Å²) < 4.78 is 11.0. The van der Waals surface area contributed by atoms with Gasteiger partial charge in [-0.1, -0.05) is 35.5 Å². The first kappa shape index (κ1) is 18.7. The molecular formula is C23H27N3O2. The number of rotatable bonds is 5. The first-order valence-corrected chi connectivity index (χ1v) is 9.90. The predicted octanol–water partition coefficient (Wildman–Crippen LogP) is 4.96. The number of aromatic nitrogens is 2. The van der Waals surface area contributed by atoms with E-state index in [4.69, 9.17) is 14.2 Å². The Labute approximate surface area is 166 Å². The molecule has 5 nitrogen and oxygen atoms in total. The van der Waals surface area contributed by atoms with Gasteiger partial charge in [0.05, 0.1) is 11.7 Å². The second-order valence-corrected chi connectivity index (χ2v) is 7.52. The number of pyridine rings is 1. The molecule has 4 rings (SSSR count). The molecule has 0 radical (unpaired) electrons. The molecule has 1 saturated heterocycles. The van der Waals surface area contributed by atoms with E-state index in [0.717, 1.165) is 54.5 Å². The number of aryl methyl sites for hydroxylation is 2. The number of anilines is 1. The normalized spacial score (nSPS) is 16.1. The van der Waals surface area contributed by atoms with E-state index in [0.29, 0.717) is 5.92 Å². The molecule has 1 fully saturated rings. The highest BCUT2D eigenvalue weighted by Crippen LogP contribution is 2.37. The molecule has 0 bridgehead atoms.